The van der Waals surface area contributed by atoms with Crippen molar-refractivity contribution in [3.8, 4) is 17.4 Å². The summed E-state index contributed by atoms with van der Waals surface area (Å²) in [5, 5.41) is 8.38. The molecule has 0 spiro atoms. The van der Waals surface area contributed by atoms with Crippen LogP contribution in [-0.4, -0.2) is 79.4 Å². The summed E-state index contributed by atoms with van der Waals surface area (Å²) >= 11 is 12.6. The molecule has 0 unspecified atom stereocenters. The Morgan fingerprint density at radius 3 is 2.46 bits per heavy atom. The Morgan fingerprint density at radius 2 is 1.72 bits per heavy atom. The molecule has 0 radical (unpaired) electrons. The second kappa shape index (κ2) is 17.6. The minimum atomic E-state index is -4.47. The minimum Gasteiger partial charge on any atom is -0.473 e. The first-order valence-electron chi connectivity index (χ1n) is 20.9. The van der Waals surface area contributed by atoms with Gasteiger partial charge in [0.1, 0.15) is 33.7 Å². The molecule has 11 nitrogen and oxygen atoms in total. The van der Waals surface area contributed by atoms with Crippen molar-refractivity contribution in [1.82, 2.24) is 24.8 Å². The van der Waals surface area contributed by atoms with E-state index in [4.69, 9.17) is 32.7 Å². The summed E-state index contributed by atoms with van der Waals surface area (Å²) in [6.07, 6.45) is 8.14. The van der Waals surface area contributed by atoms with Crippen molar-refractivity contribution in [2.45, 2.75) is 76.3 Å². The Bertz CT molecular complexity index is 2550. The van der Waals surface area contributed by atoms with Crippen molar-refractivity contribution >= 4 is 61.3 Å². The van der Waals surface area contributed by atoms with E-state index in [1.54, 1.807) is 30.5 Å². The maximum absolute atomic E-state index is 15.3. The molecule has 2 N–H and O–H groups in total. The Balaban J connectivity index is 0.988. The van der Waals surface area contributed by atoms with Gasteiger partial charge in [0.15, 0.2) is 0 Å². The van der Waals surface area contributed by atoms with E-state index in [2.05, 4.69) is 62.6 Å². The number of benzene rings is 3. The van der Waals surface area contributed by atoms with Gasteiger partial charge >= 0.3 is 0 Å². The van der Waals surface area contributed by atoms with Gasteiger partial charge in [0.25, 0.3) is 15.9 Å². The largest absolute Gasteiger partial charge is 0.473 e. The van der Waals surface area contributed by atoms with Crippen molar-refractivity contribution in [1.29, 1.82) is 0 Å². The molecule has 322 valence electrons. The molecule has 8 rings (SSSR count). The number of pyridine rings is 1. The number of sulfonamides is 1. The van der Waals surface area contributed by atoms with Gasteiger partial charge in [-0.2, -0.15) is 5.10 Å². The number of halogens is 3. The summed E-state index contributed by atoms with van der Waals surface area (Å²) in [6, 6.07) is 19.9. The van der Waals surface area contributed by atoms with Crippen molar-refractivity contribution in [2.24, 2.45) is 11.3 Å². The number of ether oxygens (including phenoxy) is 2. The molecule has 5 aromatic rings. The van der Waals surface area contributed by atoms with E-state index in [9.17, 15) is 13.2 Å². The molecular formula is C46H51Cl2FN6O5S. The maximum Gasteiger partial charge on any atom is 0.268 e. The van der Waals surface area contributed by atoms with Crippen LogP contribution >= 0.6 is 23.2 Å². The highest BCUT2D eigenvalue weighted by Gasteiger charge is 2.36. The maximum atomic E-state index is 15.3. The summed E-state index contributed by atoms with van der Waals surface area (Å²) in [4.78, 5) is 22.4. The Kier molecular flexibility index (Phi) is 12.4. The molecule has 1 saturated heterocycles. The van der Waals surface area contributed by atoms with Gasteiger partial charge in [0.05, 0.1) is 28.9 Å². The van der Waals surface area contributed by atoms with E-state index in [1.807, 2.05) is 24.3 Å². The minimum absolute atomic E-state index is 0.00222. The van der Waals surface area contributed by atoms with Crippen LogP contribution in [0.25, 0.3) is 16.5 Å². The highest BCUT2D eigenvalue weighted by molar-refractivity contribution is 7.90. The number of piperazine rings is 1. The fourth-order valence-electron chi connectivity index (χ4n) is 8.54. The number of nitrogens with zero attached hydrogens (tertiary/aromatic N) is 4. The highest BCUT2D eigenvalue weighted by Crippen LogP contribution is 2.44. The highest BCUT2D eigenvalue weighted by atomic mass is 35.5. The number of alkyl halides is 1. The second-order valence-electron chi connectivity index (χ2n) is 17.6. The zero-order valence-electron chi connectivity index (χ0n) is 34.6. The second-order valence-corrected chi connectivity index (χ2v) is 20.1. The van der Waals surface area contributed by atoms with Crippen LogP contribution in [0.1, 0.15) is 81.6 Å². The number of fused-ring (bicyclic) bond motifs is 1. The number of carbonyl (C=O) groups is 1. The van der Waals surface area contributed by atoms with Crippen LogP contribution in [0.4, 0.5) is 10.1 Å². The normalized spacial score (nSPS) is 21.1. The Morgan fingerprint density at radius 1 is 0.967 bits per heavy atom. The first kappa shape index (κ1) is 43.0. The van der Waals surface area contributed by atoms with Gasteiger partial charge in [-0.05, 0) is 110 Å². The zero-order valence-corrected chi connectivity index (χ0v) is 37.0. The molecule has 2 aromatic heterocycles. The fraction of sp³-hybridized carbons (Fsp3) is 0.413. The molecule has 15 heteroatoms. The molecule has 2 aliphatic carbocycles. The van der Waals surface area contributed by atoms with Crippen molar-refractivity contribution in [2.75, 3.05) is 44.2 Å². The lowest BCUT2D eigenvalue weighted by atomic mass is 9.72. The number of anilines is 1. The lowest BCUT2D eigenvalue weighted by Gasteiger charge is -2.39. The topological polar surface area (TPSA) is 130 Å². The molecule has 3 aliphatic rings. The van der Waals surface area contributed by atoms with Crippen LogP contribution in [-0.2, 0) is 10.0 Å². The Hall–Kier alpha value is -4.69. The van der Waals surface area contributed by atoms with Gasteiger partial charge in [-0.15, -0.1) is 0 Å². The van der Waals surface area contributed by atoms with E-state index in [0.717, 1.165) is 93.3 Å². The molecule has 0 atom stereocenters. The first-order chi connectivity index (χ1) is 29.1. The zero-order chi connectivity index (χ0) is 42.9. The predicted molar refractivity (Wildman–Crippen MR) is 238 cm³/mol. The molecule has 0 bridgehead atoms. The number of hydrogen-bond acceptors (Lipinski definition) is 9. The SMILES string of the molecule is CC1(C)CCC(CN2CCN(c3ccc(C(=O)NS(=O)(=O)c4cnc(OC[C@]5(F)CC[C@H](C)CC5)c(Cl)c4)c(Oc4cccc5[nH]ncc45)c3)CC2)=C(c2ccc(Cl)cc2)C1. The van der Waals surface area contributed by atoms with Crippen LogP contribution in [0.3, 0.4) is 0 Å². The molecule has 1 aliphatic heterocycles. The van der Waals surface area contributed by atoms with Crippen molar-refractivity contribution < 1.29 is 27.1 Å². The molecule has 3 heterocycles. The van der Waals surface area contributed by atoms with E-state index < -0.39 is 21.6 Å². The average molecular weight is 890 g/mol. The molecule has 1 amide bonds. The van der Waals surface area contributed by atoms with E-state index in [-0.39, 0.29) is 39.1 Å². The van der Waals surface area contributed by atoms with Gasteiger partial charge in [-0.25, -0.2) is 22.5 Å². The van der Waals surface area contributed by atoms with Crippen LogP contribution in [0.5, 0.6) is 17.4 Å². The number of nitrogens with one attached hydrogen (secondary N) is 2. The average Bonchev–Trinajstić information content (AvgIpc) is 3.73. The summed E-state index contributed by atoms with van der Waals surface area (Å²) < 4.78 is 56.7. The quantitative estimate of drug-likeness (QED) is 0.126. The summed E-state index contributed by atoms with van der Waals surface area (Å²) in [5.41, 5.74) is 4.43. The number of H-pyrrole nitrogens is 1. The van der Waals surface area contributed by atoms with E-state index in [1.165, 1.54) is 16.7 Å². The van der Waals surface area contributed by atoms with E-state index >= 15 is 4.39 Å². The van der Waals surface area contributed by atoms with Gasteiger partial charge in [0.2, 0.25) is 5.88 Å². The standard InChI is InChI=1S/C46H51Cl2FN6O5S/c1-30-13-17-46(49,18-14-30)29-59-44-39(48)24-35(26-50-44)61(57,58)53-43(56)36-12-11-34(23-42(36)60-41-6-4-5-40-38(41)27-51-52-40)55-21-19-54(20-22-55)28-32-15-16-45(2,3)25-37(32)31-7-9-33(47)10-8-31/h4-12,23-24,26-27,30H,13-22,25,28-29H2,1-3H3,(H,51,52)(H,53,56)/t30-,46-. The molecule has 3 aromatic carbocycles. The number of carbonyl (C=O) groups excluding carboxylic acids is 1. The number of rotatable bonds is 12. The van der Waals surface area contributed by atoms with Crippen molar-refractivity contribution in [3.05, 3.63) is 106 Å². The number of allylic oxidation sites excluding steroid dienone is 1. The third-order valence-corrected chi connectivity index (χ3v) is 14.2. The molecular weight excluding hydrogens is 839 g/mol. The smallest absolute Gasteiger partial charge is 0.268 e. The van der Waals surface area contributed by atoms with Crippen LogP contribution in [0.2, 0.25) is 10.0 Å². The summed E-state index contributed by atoms with van der Waals surface area (Å²) in [7, 11) is -4.47. The van der Waals surface area contributed by atoms with Crippen LogP contribution < -0.4 is 19.1 Å². The predicted octanol–water partition coefficient (Wildman–Crippen LogP) is 10.3. The summed E-state index contributed by atoms with van der Waals surface area (Å²) in [6.45, 7) is 10.6. The van der Waals surface area contributed by atoms with Crippen molar-refractivity contribution in [3.63, 3.8) is 0 Å². The number of hydrogen-bond donors (Lipinski definition) is 2. The Labute approximate surface area is 366 Å². The van der Waals surface area contributed by atoms with Gasteiger partial charge in [-0.1, -0.05) is 67.7 Å². The fourth-order valence-corrected chi connectivity index (χ4v) is 9.89. The number of aromatic nitrogens is 3. The number of aromatic amines is 1. The molecule has 2 fully saturated rings. The third-order valence-electron chi connectivity index (χ3n) is 12.4. The number of amides is 1. The van der Waals surface area contributed by atoms with Gasteiger partial charge in [0, 0.05) is 49.5 Å². The lowest BCUT2D eigenvalue weighted by Crippen LogP contribution is -2.47. The first-order valence-corrected chi connectivity index (χ1v) is 23.1. The van der Waals surface area contributed by atoms with E-state index in [0.29, 0.717) is 29.9 Å². The monoisotopic (exact) mass is 888 g/mol. The van der Waals surface area contributed by atoms with Crippen LogP contribution in [0.15, 0.2) is 89.6 Å². The van der Waals surface area contributed by atoms with Gasteiger partial charge < -0.3 is 14.4 Å². The third kappa shape index (κ3) is 10.0. The lowest BCUT2D eigenvalue weighted by molar-refractivity contribution is 0.0334. The summed E-state index contributed by atoms with van der Waals surface area (Å²) in [5.74, 6) is 0.0717. The van der Waals surface area contributed by atoms with Crippen LogP contribution in [0, 0.1) is 11.3 Å². The molecule has 61 heavy (non-hydrogen) atoms. The molecule has 1 saturated carbocycles. The van der Waals surface area contributed by atoms with Gasteiger partial charge in [-0.3, -0.25) is 14.8 Å².